The number of rotatable bonds is 5. The van der Waals surface area contributed by atoms with E-state index in [-0.39, 0.29) is 6.54 Å². The first-order valence-electron chi connectivity index (χ1n) is 9.80. The molecule has 1 aliphatic heterocycles. The van der Waals surface area contributed by atoms with Gasteiger partial charge in [-0.3, -0.25) is 0 Å². The summed E-state index contributed by atoms with van der Waals surface area (Å²) in [6.07, 6.45) is 4.28. The van der Waals surface area contributed by atoms with Gasteiger partial charge in [-0.1, -0.05) is 6.07 Å². The Morgan fingerprint density at radius 3 is 2.61 bits per heavy atom. The van der Waals surface area contributed by atoms with Gasteiger partial charge in [0.15, 0.2) is 0 Å². The topological polar surface area (TPSA) is 84.4 Å². The van der Waals surface area contributed by atoms with E-state index in [0.29, 0.717) is 29.8 Å². The quantitative estimate of drug-likeness (QED) is 0.823. The molecule has 1 aromatic heterocycles. The van der Waals surface area contributed by atoms with Crippen LogP contribution in [-0.4, -0.2) is 44.7 Å². The molecule has 2 aliphatic rings. The van der Waals surface area contributed by atoms with Crippen LogP contribution in [0.3, 0.4) is 0 Å². The zero-order valence-electron chi connectivity index (χ0n) is 16.1. The number of sulfonamides is 1. The molecular weight excluding hydrogens is 376 g/mol. The summed E-state index contributed by atoms with van der Waals surface area (Å²) in [5.74, 6) is 0.631. The Balaban J connectivity index is 1.49. The smallest absolute Gasteiger partial charge is 0.240 e. The van der Waals surface area contributed by atoms with Gasteiger partial charge in [-0.15, -0.1) is 0 Å². The van der Waals surface area contributed by atoms with Crippen molar-refractivity contribution in [3.05, 3.63) is 46.8 Å². The molecule has 1 N–H and O–H groups in total. The van der Waals surface area contributed by atoms with Gasteiger partial charge in [-0.25, -0.2) is 23.1 Å². The van der Waals surface area contributed by atoms with Crippen molar-refractivity contribution in [2.45, 2.75) is 44.0 Å². The minimum absolute atomic E-state index is 0.139. The number of fused-ring (bicyclic) bond motifs is 1. The molecule has 0 unspecified atom stereocenters. The van der Waals surface area contributed by atoms with Gasteiger partial charge in [0.2, 0.25) is 16.0 Å². The number of nitrogens with one attached hydrogen (secondary N) is 1. The normalized spacial score (nSPS) is 17.4. The number of aromatic nitrogens is 2. The van der Waals surface area contributed by atoms with E-state index >= 15 is 0 Å². The molecule has 7 nitrogen and oxygen atoms in total. The molecule has 0 spiro atoms. The van der Waals surface area contributed by atoms with E-state index in [1.165, 1.54) is 12.0 Å². The van der Waals surface area contributed by atoms with Crippen LogP contribution in [0.15, 0.2) is 29.2 Å². The van der Waals surface area contributed by atoms with Crippen LogP contribution in [0.2, 0.25) is 0 Å². The Labute approximate surface area is 166 Å². The maximum Gasteiger partial charge on any atom is 0.240 e. The summed E-state index contributed by atoms with van der Waals surface area (Å²) in [6.45, 7) is 4.82. The standard InChI is InChI=1S/C20H26N4O3S/c1-15-12-18(23-20(22-15)24-8-10-27-11-9-24)14-21-28(25,26)19-7-6-16-4-2-3-5-17(16)13-19/h6-7,12-13,21H,2-5,8-11,14H2,1H3. The van der Waals surface area contributed by atoms with Gasteiger partial charge in [-0.2, -0.15) is 0 Å². The molecule has 0 saturated carbocycles. The Morgan fingerprint density at radius 2 is 1.82 bits per heavy atom. The molecule has 1 fully saturated rings. The van der Waals surface area contributed by atoms with Crippen LogP contribution < -0.4 is 9.62 Å². The third-order valence-electron chi connectivity index (χ3n) is 5.26. The van der Waals surface area contributed by atoms with Crippen molar-refractivity contribution in [1.29, 1.82) is 0 Å². The molecule has 2 heterocycles. The summed E-state index contributed by atoms with van der Waals surface area (Å²) in [5, 5.41) is 0. The fourth-order valence-corrected chi connectivity index (χ4v) is 4.79. The van der Waals surface area contributed by atoms with Gasteiger partial charge >= 0.3 is 0 Å². The Morgan fingerprint density at radius 1 is 1.07 bits per heavy atom. The number of nitrogens with zero attached hydrogens (tertiary/aromatic N) is 3. The SMILES string of the molecule is Cc1cc(CNS(=O)(=O)c2ccc3c(c2)CCCC3)nc(N2CCOCC2)n1. The lowest BCUT2D eigenvalue weighted by Crippen LogP contribution is -2.37. The number of hydrogen-bond donors (Lipinski definition) is 1. The second kappa shape index (κ2) is 8.14. The third-order valence-corrected chi connectivity index (χ3v) is 6.66. The van der Waals surface area contributed by atoms with Crippen molar-refractivity contribution in [3.63, 3.8) is 0 Å². The van der Waals surface area contributed by atoms with Crippen LogP contribution in [0.4, 0.5) is 5.95 Å². The maximum atomic E-state index is 12.8. The zero-order chi connectivity index (χ0) is 19.6. The molecule has 0 atom stereocenters. The number of anilines is 1. The summed E-state index contributed by atoms with van der Waals surface area (Å²) in [7, 11) is -3.59. The molecule has 4 rings (SSSR count). The van der Waals surface area contributed by atoms with Gasteiger partial charge in [0.25, 0.3) is 0 Å². The van der Waals surface area contributed by atoms with E-state index < -0.39 is 10.0 Å². The van der Waals surface area contributed by atoms with Gasteiger partial charge < -0.3 is 9.64 Å². The van der Waals surface area contributed by atoms with E-state index in [1.54, 1.807) is 6.07 Å². The van der Waals surface area contributed by atoms with E-state index in [4.69, 9.17) is 4.74 Å². The predicted molar refractivity (Wildman–Crippen MR) is 107 cm³/mol. The predicted octanol–water partition coefficient (Wildman–Crippen LogP) is 1.98. The molecular formula is C20H26N4O3S. The highest BCUT2D eigenvalue weighted by Gasteiger charge is 2.19. The highest BCUT2D eigenvalue weighted by Crippen LogP contribution is 2.24. The molecule has 8 heteroatoms. The molecule has 1 aliphatic carbocycles. The highest BCUT2D eigenvalue weighted by molar-refractivity contribution is 7.89. The van der Waals surface area contributed by atoms with Crippen LogP contribution >= 0.6 is 0 Å². The van der Waals surface area contributed by atoms with Gasteiger partial charge in [0.05, 0.1) is 30.3 Å². The van der Waals surface area contributed by atoms with Crippen LogP contribution in [0, 0.1) is 6.92 Å². The fourth-order valence-electron chi connectivity index (χ4n) is 3.74. The van der Waals surface area contributed by atoms with Crippen LogP contribution in [-0.2, 0) is 34.1 Å². The molecule has 0 radical (unpaired) electrons. The lowest BCUT2D eigenvalue weighted by molar-refractivity contribution is 0.122. The monoisotopic (exact) mass is 402 g/mol. The summed E-state index contributed by atoms with van der Waals surface area (Å²) in [5.41, 5.74) is 3.91. The van der Waals surface area contributed by atoms with Crippen molar-refractivity contribution in [1.82, 2.24) is 14.7 Å². The first kappa shape index (κ1) is 19.3. The summed E-state index contributed by atoms with van der Waals surface area (Å²) in [4.78, 5) is 11.4. The second-order valence-corrected chi connectivity index (χ2v) is 9.13. The van der Waals surface area contributed by atoms with Crippen molar-refractivity contribution in [2.75, 3.05) is 31.2 Å². The molecule has 0 amide bonds. The summed E-state index contributed by atoms with van der Waals surface area (Å²) in [6, 6.07) is 7.30. The fraction of sp³-hybridized carbons (Fsp3) is 0.500. The minimum Gasteiger partial charge on any atom is -0.378 e. The first-order valence-corrected chi connectivity index (χ1v) is 11.3. The van der Waals surface area contributed by atoms with Crippen LogP contribution in [0.5, 0.6) is 0 Å². The molecule has 28 heavy (non-hydrogen) atoms. The highest BCUT2D eigenvalue weighted by atomic mass is 32.2. The van der Waals surface area contributed by atoms with Crippen molar-refractivity contribution in [3.8, 4) is 0 Å². The number of aryl methyl sites for hydroxylation is 3. The van der Waals surface area contributed by atoms with Gasteiger partial charge in [0, 0.05) is 18.8 Å². The number of hydrogen-bond acceptors (Lipinski definition) is 6. The van der Waals surface area contributed by atoms with Crippen molar-refractivity contribution in [2.24, 2.45) is 0 Å². The lowest BCUT2D eigenvalue weighted by atomic mass is 9.92. The Hall–Kier alpha value is -2.03. The number of morpholine rings is 1. The number of benzene rings is 1. The Kier molecular flexibility index (Phi) is 5.61. The maximum absolute atomic E-state index is 12.8. The molecule has 150 valence electrons. The number of ether oxygens (including phenoxy) is 1. The molecule has 2 aromatic rings. The summed E-state index contributed by atoms with van der Waals surface area (Å²) >= 11 is 0. The molecule has 0 bridgehead atoms. The first-order chi connectivity index (χ1) is 13.5. The summed E-state index contributed by atoms with van der Waals surface area (Å²) < 4.78 is 33.6. The van der Waals surface area contributed by atoms with Crippen molar-refractivity contribution < 1.29 is 13.2 Å². The third kappa shape index (κ3) is 4.34. The van der Waals surface area contributed by atoms with E-state index in [2.05, 4.69) is 19.6 Å². The van der Waals surface area contributed by atoms with E-state index in [1.807, 2.05) is 25.1 Å². The van der Waals surface area contributed by atoms with Crippen molar-refractivity contribution >= 4 is 16.0 Å². The zero-order valence-corrected chi connectivity index (χ0v) is 17.0. The molecule has 1 aromatic carbocycles. The van der Waals surface area contributed by atoms with Crippen LogP contribution in [0.1, 0.15) is 35.4 Å². The lowest BCUT2D eigenvalue weighted by Gasteiger charge is -2.27. The van der Waals surface area contributed by atoms with E-state index in [9.17, 15) is 8.42 Å². The van der Waals surface area contributed by atoms with Gasteiger partial charge in [-0.05, 0) is 61.9 Å². The molecule has 1 saturated heterocycles. The van der Waals surface area contributed by atoms with Gasteiger partial charge in [0.1, 0.15) is 0 Å². The average Bonchev–Trinajstić information content (AvgIpc) is 2.72. The average molecular weight is 403 g/mol. The minimum atomic E-state index is -3.59. The van der Waals surface area contributed by atoms with E-state index in [0.717, 1.165) is 43.6 Å². The largest absolute Gasteiger partial charge is 0.378 e. The van der Waals surface area contributed by atoms with Crippen LogP contribution in [0.25, 0.3) is 0 Å². The second-order valence-electron chi connectivity index (χ2n) is 7.36. The Bertz CT molecular complexity index is 956.